The number of nitrogens with zero attached hydrogens (tertiary/aromatic N) is 5. The van der Waals surface area contributed by atoms with Gasteiger partial charge in [-0.2, -0.15) is 0 Å². The maximum atomic E-state index is 13.6. The summed E-state index contributed by atoms with van der Waals surface area (Å²) in [6.45, 7) is 6.22. The van der Waals surface area contributed by atoms with E-state index in [9.17, 15) is 23.6 Å². The summed E-state index contributed by atoms with van der Waals surface area (Å²) in [6, 6.07) is 14.8. The summed E-state index contributed by atoms with van der Waals surface area (Å²) in [5.74, 6) is -0.714. The number of carbonyl (C=O) groups is 3. The van der Waals surface area contributed by atoms with Crippen molar-refractivity contribution in [2.24, 2.45) is 0 Å². The molecule has 12 heteroatoms. The zero-order chi connectivity index (χ0) is 29.6. The average molecular weight is 591 g/mol. The van der Waals surface area contributed by atoms with E-state index < -0.39 is 21.7 Å². The van der Waals surface area contributed by atoms with Gasteiger partial charge in [0.1, 0.15) is 32.0 Å². The number of imidazole rings is 1. The first-order chi connectivity index (χ1) is 20.3. The molecule has 1 amide bonds. The minimum absolute atomic E-state index is 0.0128. The van der Waals surface area contributed by atoms with Gasteiger partial charge >= 0.3 is 5.56 Å². The van der Waals surface area contributed by atoms with Gasteiger partial charge < -0.3 is 19.0 Å². The maximum Gasteiger partial charge on any atom is 0.302 e. The zero-order valence-electron chi connectivity index (χ0n) is 22.7. The van der Waals surface area contributed by atoms with Crippen LogP contribution < -0.4 is 10.3 Å². The van der Waals surface area contributed by atoms with E-state index in [1.54, 1.807) is 23.2 Å². The van der Waals surface area contributed by atoms with Crippen molar-refractivity contribution in [1.82, 2.24) is 18.9 Å². The lowest BCUT2D eigenvalue weighted by Crippen LogP contribution is -2.45. The standard InChI is InChI=1S/C30H29FN5O5S/c1-33-11-13-34(14-12-33)25(38)18-35-15-16-36-28(39)27(41-20-22-5-3-2-4-6-22)26(32-30(35)36)29(40)42-24(19-37)17-21-7-9-23(31)10-8-21/h2-10,15-16,19,24H,1,11-14,17-18,20H2/q+1. The van der Waals surface area contributed by atoms with E-state index in [0.29, 0.717) is 49.8 Å². The number of hydrogen-bond donors (Lipinski definition) is 0. The van der Waals surface area contributed by atoms with E-state index in [1.165, 1.54) is 27.3 Å². The summed E-state index contributed by atoms with van der Waals surface area (Å²) in [7, 11) is 0. The summed E-state index contributed by atoms with van der Waals surface area (Å²) in [5.41, 5.74) is 0.591. The number of ether oxygens (including phenoxy) is 1. The number of halogens is 1. The van der Waals surface area contributed by atoms with Gasteiger partial charge in [-0.05, 0) is 29.7 Å². The Kier molecular flexibility index (Phi) is 8.91. The molecule has 5 rings (SSSR count). The van der Waals surface area contributed by atoms with Gasteiger partial charge in [0.25, 0.3) is 0 Å². The van der Waals surface area contributed by atoms with Crippen LogP contribution in [0.2, 0.25) is 0 Å². The molecule has 1 saturated heterocycles. The molecule has 1 aliphatic heterocycles. The van der Waals surface area contributed by atoms with Crippen LogP contribution in [0, 0.1) is 5.82 Å². The molecule has 1 aliphatic rings. The SMILES string of the molecule is C=[N+]1CCN(C(=O)Cn2ccn3c(=O)c(OCc4ccccc4)c(C(=O)SC(C=O)Cc4ccc(F)cc4)nc23)CC1. The number of amides is 1. The number of thioether (sulfide) groups is 1. The van der Waals surface area contributed by atoms with Crippen LogP contribution in [0.3, 0.4) is 0 Å². The van der Waals surface area contributed by atoms with E-state index in [-0.39, 0.29) is 42.7 Å². The van der Waals surface area contributed by atoms with Crippen LogP contribution in [0.4, 0.5) is 4.39 Å². The fourth-order valence-corrected chi connectivity index (χ4v) is 5.44. The first-order valence-corrected chi connectivity index (χ1v) is 14.2. The second kappa shape index (κ2) is 12.9. The van der Waals surface area contributed by atoms with Crippen LogP contribution in [0.5, 0.6) is 5.75 Å². The summed E-state index contributed by atoms with van der Waals surface area (Å²) < 4.78 is 23.8. The Morgan fingerprint density at radius 2 is 1.79 bits per heavy atom. The minimum Gasteiger partial charge on any atom is -0.481 e. The predicted octanol–water partition coefficient (Wildman–Crippen LogP) is 2.45. The van der Waals surface area contributed by atoms with Crippen molar-refractivity contribution >= 4 is 41.6 Å². The number of aldehydes is 1. The summed E-state index contributed by atoms with van der Waals surface area (Å²) in [6.07, 6.45) is 3.84. The van der Waals surface area contributed by atoms with Crippen LogP contribution in [-0.2, 0) is 29.2 Å². The molecule has 1 fully saturated rings. The molecule has 4 aromatic rings. The predicted molar refractivity (Wildman–Crippen MR) is 156 cm³/mol. The first kappa shape index (κ1) is 28.9. The van der Waals surface area contributed by atoms with Crippen LogP contribution in [0.1, 0.15) is 21.6 Å². The van der Waals surface area contributed by atoms with Crippen LogP contribution in [0.25, 0.3) is 5.78 Å². The van der Waals surface area contributed by atoms with Gasteiger partial charge in [-0.1, -0.05) is 54.2 Å². The molecule has 2 aromatic carbocycles. The number of fused-ring (bicyclic) bond motifs is 1. The van der Waals surface area contributed by atoms with Crippen molar-refractivity contribution in [2.75, 3.05) is 26.2 Å². The molecule has 0 radical (unpaired) electrons. The Labute approximate surface area is 245 Å². The lowest BCUT2D eigenvalue weighted by Gasteiger charge is -2.25. The van der Waals surface area contributed by atoms with Gasteiger partial charge in [0.05, 0.1) is 18.3 Å². The Morgan fingerprint density at radius 3 is 2.48 bits per heavy atom. The van der Waals surface area contributed by atoms with Gasteiger partial charge in [0.2, 0.25) is 22.5 Å². The van der Waals surface area contributed by atoms with Gasteiger partial charge in [-0.3, -0.25) is 14.4 Å². The number of piperazine rings is 1. The smallest absolute Gasteiger partial charge is 0.302 e. The van der Waals surface area contributed by atoms with Crippen LogP contribution in [-0.4, -0.2) is 78.9 Å². The Bertz CT molecular complexity index is 1680. The van der Waals surface area contributed by atoms with Crippen molar-refractivity contribution in [3.63, 3.8) is 0 Å². The molecule has 0 saturated carbocycles. The van der Waals surface area contributed by atoms with Gasteiger partial charge in [-0.25, -0.2) is 18.4 Å². The second-order valence-electron chi connectivity index (χ2n) is 9.87. The molecule has 42 heavy (non-hydrogen) atoms. The minimum atomic E-state index is -0.815. The normalized spacial score (nSPS) is 14.1. The highest BCUT2D eigenvalue weighted by atomic mass is 32.2. The monoisotopic (exact) mass is 590 g/mol. The molecule has 0 spiro atoms. The molecular weight excluding hydrogens is 561 g/mol. The quantitative estimate of drug-likeness (QED) is 0.206. The lowest BCUT2D eigenvalue weighted by molar-refractivity contribution is -0.529. The zero-order valence-corrected chi connectivity index (χ0v) is 23.5. The van der Waals surface area contributed by atoms with E-state index in [2.05, 4.69) is 11.7 Å². The van der Waals surface area contributed by atoms with Crippen molar-refractivity contribution in [3.8, 4) is 5.75 Å². The van der Waals surface area contributed by atoms with E-state index in [0.717, 1.165) is 5.56 Å². The fraction of sp³-hybridized carbons (Fsp3) is 0.267. The molecule has 1 atom stereocenters. The molecule has 2 aromatic heterocycles. The molecule has 10 nitrogen and oxygen atoms in total. The summed E-state index contributed by atoms with van der Waals surface area (Å²) in [4.78, 5) is 58.3. The van der Waals surface area contributed by atoms with Crippen LogP contribution >= 0.6 is 11.8 Å². The Morgan fingerprint density at radius 1 is 1.07 bits per heavy atom. The number of aromatic nitrogens is 3. The van der Waals surface area contributed by atoms with Crippen molar-refractivity contribution in [3.05, 3.63) is 100.0 Å². The average Bonchev–Trinajstić information content (AvgIpc) is 3.40. The number of carbonyl (C=O) groups excluding carboxylic acids is 3. The highest BCUT2D eigenvalue weighted by Gasteiger charge is 2.27. The molecule has 0 N–H and O–H groups in total. The topological polar surface area (TPSA) is 106 Å². The fourth-order valence-electron chi connectivity index (χ4n) is 4.59. The second-order valence-corrected chi connectivity index (χ2v) is 11.1. The lowest BCUT2D eigenvalue weighted by atomic mass is 10.1. The number of rotatable bonds is 10. The van der Waals surface area contributed by atoms with E-state index in [4.69, 9.17) is 4.74 Å². The molecule has 3 heterocycles. The summed E-state index contributed by atoms with van der Waals surface area (Å²) in [5, 5.41) is -1.45. The number of benzene rings is 2. The van der Waals surface area contributed by atoms with Crippen LogP contribution in [0.15, 0.2) is 71.8 Å². The van der Waals surface area contributed by atoms with Gasteiger partial charge in [-0.15, -0.1) is 0 Å². The molecule has 216 valence electrons. The third-order valence-electron chi connectivity index (χ3n) is 6.92. The van der Waals surface area contributed by atoms with Gasteiger partial charge in [0.15, 0.2) is 18.8 Å². The van der Waals surface area contributed by atoms with E-state index in [1.807, 2.05) is 34.9 Å². The highest BCUT2D eigenvalue weighted by Crippen LogP contribution is 2.25. The number of hydrogen-bond acceptors (Lipinski definition) is 7. The van der Waals surface area contributed by atoms with Gasteiger partial charge in [0, 0.05) is 12.4 Å². The molecule has 0 bridgehead atoms. The van der Waals surface area contributed by atoms with E-state index >= 15 is 0 Å². The Hall–Kier alpha value is -4.58. The summed E-state index contributed by atoms with van der Waals surface area (Å²) >= 11 is 0.709. The van der Waals surface area contributed by atoms with Crippen molar-refractivity contribution in [2.45, 2.75) is 24.8 Å². The molecular formula is C30H29FN5O5S+. The molecule has 0 aliphatic carbocycles. The van der Waals surface area contributed by atoms with Crippen molar-refractivity contribution < 1.29 is 28.1 Å². The largest absolute Gasteiger partial charge is 0.481 e. The Balaban J connectivity index is 1.45. The first-order valence-electron chi connectivity index (χ1n) is 13.3. The third kappa shape index (κ3) is 6.65. The molecule has 1 unspecified atom stereocenters. The highest BCUT2D eigenvalue weighted by molar-refractivity contribution is 8.15. The van der Waals surface area contributed by atoms with Crippen molar-refractivity contribution in [1.29, 1.82) is 0 Å². The maximum absolute atomic E-state index is 13.6. The third-order valence-corrected chi connectivity index (χ3v) is 7.91.